The van der Waals surface area contributed by atoms with Gasteiger partial charge < -0.3 is 9.88 Å². The number of fused-ring (bicyclic) bond motifs is 3. The molecule has 3 nitrogen and oxygen atoms in total. The number of nitrogens with one attached hydrogen (secondary N) is 1. The summed E-state index contributed by atoms with van der Waals surface area (Å²) in [4.78, 5) is 3.59. The number of hydrogen-bond donors (Lipinski definition) is 1. The first kappa shape index (κ1) is 19.0. The highest BCUT2D eigenvalue weighted by Crippen LogP contribution is 2.33. The molecule has 1 aromatic carbocycles. The van der Waals surface area contributed by atoms with Gasteiger partial charge >= 0.3 is 6.18 Å². The maximum atomic E-state index is 12.7. The molecule has 28 heavy (non-hydrogen) atoms. The minimum atomic E-state index is -4.40. The molecule has 4 rings (SSSR count). The lowest BCUT2D eigenvalue weighted by molar-refractivity contribution is -0.141. The Balaban J connectivity index is 1.67. The maximum absolute atomic E-state index is 12.7. The van der Waals surface area contributed by atoms with E-state index in [1.165, 1.54) is 40.0 Å². The summed E-state index contributed by atoms with van der Waals surface area (Å²) in [6, 6.07) is 9.09. The molecule has 3 aromatic rings. The van der Waals surface area contributed by atoms with Crippen LogP contribution in [0.4, 0.5) is 13.2 Å². The second-order valence-electron chi connectivity index (χ2n) is 8.31. The quantitative estimate of drug-likeness (QED) is 0.683. The van der Waals surface area contributed by atoms with Crippen LogP contribution in [0.25, 0.3) is 10.9 Å². The molecule has 1 aliphatic rings. The molecular weight excluding hydrogens is 363 g/mol. The molecule has 0 bridgehead atoms. The van der Waals surface area contributed by atoms with Crippen LogP contribution in [-0.2, 0) is 32.1 Å². The SMILES string of the molecule is Cc1ccc2c(c1)c1c(n2CCc2ccc(C(F)(F)F)nc2)CC(C)(C)NC1. The van der Waals surface area contributed by atoms with Crippen molar-refractivity contribution < 1.29 is 13.2 Å². The first-order valence-electron chi connectivity index (χ1n) is 9.52. The van der Waals surface area contributed by atoms with E-state index in [-0.39, 0.29) is 5.54 Å². The highest BCUT2D eigenvalue weighted by atomic mass is 19.4. The minimum Gasteiger partial charge on any atom is -0.344 e. The van der Waals surface area contributed by atoms with Crippen LogP contribution in [0, 0.1) is 6.92 Å². The normalized spacial score (nSPS) is 16.4. The van der Waals surface area contributed by atoms with Crippen LogP contribution in [-0.4, -0.2) is 15.1 Å². The van der Waals surface area contributed by atoms with Gasteiger partial charge in [0.2, 0.25) is 0 Å². The second-order valence-corrected chi connectivity index (χ2v) is 8.31. The van der Waals surface area contributed by atoms with Crippen LogP contribution in [0.2, 0.25) is 0 Å². The second kappa shape index (κ2) is 6.62. The number of pyridine rings is 1. The number of nitrogens with zero attached hydrogens (tertiary/aromatic N) is 2. The van der Waals surface area contributed by atoms with Crippen LogP contribution in [0.1, 0.15) is 41.9 Å². The van der Waals surface area contributed by atoms with Crippen molar-refractivity contribution in [1.82, 2.24) is 14.9 Å². The molecule has 0 radical (unpaired) electrons. The lowest BCUT2D eigenvalue weighted by atomic mass is 9.91. The lowest BCUT2D eigenvalue weighted by Gasteiger charge is -2.32. The van der Waals surface area contributed by atoms with Crippen molar-refractivity contribution in [3.63, 3.8) is 0 Å². The molecule has 0 amide bonds. The van der Waals surface area contributed by atoms with Crippen molar-refractivity contribution in [2.24, 2.45) is 0 Å². The first-order valence-corrected chi connectivity index (χ1v) is 9.52. The molecule has 6 heteroatoms. The van der Waals surface area contributed by atoms with Crippen molar-refractivity contribution >= 4 is 10.9 Å². The Morgan fingerprint density at radius 3 is 2.64 bits per heavy atom. The largest absolute Gasteiger partial charge is 0.433 e. The van der Waals surface area contributed by atoms with E-state index in [0.29, 0.717) is 6.42 Å². The van der Waals surface area contributed by atoms with Gasteiger partial charge in [-0.2, -0.15) is 13.2 Å². The van der Waals surface area contributed by atoms with E-state index in [0.717, 1.165) is 31.1 Å². The van der Waals surface area contributed by atoms with Gasteiger partial charge in [0.1, 0.15) is 5.69 Å². The number of aromatic nitrogens is 2. The van der Waals surface area contributed by atoms with Gasteiger partial charge in [-0.05, 0) is 56.5 Å². The molecule has 0 saturated carbocycles. The Morgan fingerprint density at radius 1 is 1.18 bits per heavy atom. The van der Waals surface area contributed by atoms with E-state index < -0.39 is 11.9 Å². The third kappa shape index (κ3) is 3.53. The Kier molecular flexibility index (Phi) is 4.49. The lowest BCUT2D eigenvalue weighted by Crippen LogP contribution is -2.44. The third-order valence-electron chi connectivity index (χ3n) is 5.53. The summed E-state index contributed by atoms with van der Waals surface area (Å²) in [6.45, 7) is 8.04. The molecule has 3 heterocycles. The summed E-state index contributed by atoms with van der Waals surface area (Å²) in [5, 5.41) is 4.87. The highest BCUT2D eigenvalue weighted by Gasteiger charge is 2.32. The fourth-order valence-electron chi connectivity index (χ4n) is 4.04. The Bertz CT molecular complexity index is 1010. The minimum absolute atomic E-state index is 0.0179. The fraction of sp³-hybridized carbons (Fsp3) is 0.409. The summed E-state index contributed by atoms with van der Waals surface area (Å²) < 4.78 is 40.5. The average molecular weight is 387 g/mol. The zero-order valence-electron chi connectivity index (χ0n) is 16.3. The number of alkyl halides is 3. The van der Waals surface area contributed by atoms with Crippen LogP contribution in [0.15, 0.2) is 36.5 Å². The standard InChI is InChI=1S/C22H24F3N3/c1-14-4-6-18-16(10-14)17-13-27-21(2,3)11-19(17)28(18)9-8-15-5-7-20(26-12-15)22(23,24)25/h4-7,10,12,27H,8-9,11,13H2,1-3H3. The molecule has 2 aromatic heterocycles. The van der Waals surface area contributed by atoms with E-state index in [9.17, 15) is 13.2 Å². The Hall–Kier alpha value is -2.34. The molecule has 148 valence electrons. The zero-order valence-corrected chi connectivity index (χ0v) is 16.3. The van der Waals surface area contributed by atoms with Gasteiger partial charge in [0, 0.05) is 47.8 Å². The third-order valence-corrected chi connectivity index (χ3v) is 5.53. The number of benzene rings is 1. The number of aryl methyl sites for hydroxylation is 3. The topological polar surface area (TPSA) is 29.9 Å². The van der Waals surface area contributed by atoms with Gasteiger partial charge in [0.05, 0.1) is 0 Å². The molecule has 0 spiro atoms. The van der Waals surface area contributed by atoms with Crippen LogP contribution >= 0.6 is 0 Å². The molecule has 1 aliphatic heterocycles. The zero-order chi connectivity index (χ0) is 20.1. The molecule has 0 saturated heterocycles. The van der Waals surface area contributed by atoms with Crippen molar-refractivity contribution in [3.8, 4) is 0 Å². The van der Waals surface area contributed by atoms with E-state index in [1.807, 2.05) is 0 Å². The van der Waals surface area contributed by atoms with E-state index in [2.05, 4.69) is 53.8 Å². The van der Waals surface area contributed by atoms with Crippen molar-refractivity contribution in [3.05, 3.63) is 64.6 Å². The molecule has 0 unspecified atom stereocenters. The number of hydrogen-bond acceptors (Lipinski definition) is 2. The molecule has 0 aliphatic carbocycles. The van der Waals surface area contributed by atoms with Crippen molar-refractivity contribution in [2.75, 3.05) is 0 Å². The van der Waals surface area contributed by atoms with Gasteiger partial charge in [-0.1, -0.05) is 17.7 Å². The number of halogens is 3. The van der Waals surface area contributed by atoms with Crippen LogP contribution in [0.5, 0.6) is 0 Å². The summed E-state index contributed by atoms with van der Waals surface area (Å²) >= 11 is 0. The molecular formula is C22H24F3N3. The van der Waals surface area contributed by atoms with Gasteiger partial charge in [-0.25, -0.2) is 0 Å². The van der Waals surface area contributed by atoms with Gasteiger partial charge in [-0.15, -0.1) is 0 Å². The van der Waals surface area contributed by atoms with E-state index in [4.69, 9.17) is 0 Å². The smallest absolute Gasteiger partial charge is 0.344 e. The van der Waals surface area contributed by atoms with Gasteiger partial charge in [0.15, 0.2) is 0 Å². The summed E-state index contributed by atoms with van der Waals surface area (Å²) in [5.41, 5.74) is 5.06. The van der Waals surface area contributed by atoms with Gasteiger partial charge in [0.25, 0.3) is 0 Å². The van der Waals surface area contributed by atoms with Gasteiger partial charge in [-0.3, -0.25) is 4.98 Å². The predicted octanol–water partition coefficient (Wildman–Crippen LogP) is 5.03. The molecule has 0 atom stereocenters. The maximum Gasteiger partial charge on any atom is 0.433 e. The highest BCUT2D eigenvalue weighted by molar-refractivity contribution is 5.86. The van der Waals surface area contributed by atoms with Crippen LogP contribution in [0.3, 0.4) is 0 Å². The van der Waals surface area contributed by atoms with E-state index >= 15 is 0 Å². The first-order chi connectivity index (χ1) is 13.1. The fourth-order valence-corrected chi connectivity index (χ4v) is 4.04. The Labute approximate surface area is 162 Å². The molecule has 1 N–H and O–H groups in total. The summed E-state index contributed by atoms with van der Waals surface area (Å²) in [7, 11) is 0. The van der Waals surface area contributed by atoms with Crippen LogP contribution < -0.4 is 5.32 Å². The predicted molar refractivity (Wildman–Crippen MR) is 104 cm³/mol. The number of rotatable bonds is 3. The monoisotopic (exact) mass is 387 g/mol. The van der Waals surface area contributed by atoms with E-state index in [1.54, 1.807) is 0 Å². The van der Waals surface area contributed by atoms with Crippen molar-refractivity contribution in [1.29, 1.82) is 0 Å². The summed E-state index contributed by atoms with van der Waals surface area (Å²) in [6.07, 6.45) is -1.49. The average Bonchev–Trinajstić information content (AvgIpc) is 2.90. The van der Waals surface area contributed by atoms with Crippen molar-refractivity contribution in [2.45, 2.75) is 58.4 Å². The molecule has 0 fully saturated rings. The summed E-state index contributed by atoms with van der Waals surface area (Å²) in [5.74, 6) is 0. The Morgan fingerprint density at radius 2 is 1.96 bits per heavy atom.